The second kappa shape index (κ2) is 5.07. The van der Waals surface area contributed by atoms with E-state index >= 15 is 0 Å². The van der Waals surface area contributed by atoms with Gasteiger partial charge < -0.3 is 10.0 Å². The standard InChI is InChI=1S/C13H18ClNO/c1-15(8-10-3-2-4-10)13-6-5-12(14)7-11(13)9-16/h5-7,10,16H,2-4,8-9H2,1H3. The Kier molecular flexibility index (Phi) is 3.72. The van der Waals surface area contributed by atoms with E-state index in [1.54, 1.807) is 0 Å². The minimum atomic E-state index is 0.0465. The summed E-state index contributed by atoms with van der Waals surface area (Å²) in [6.07, 6.45) is 4.05. The number of aliphatic hydroxyl groups is 1. The molecule has 0 aromatic heterocycles. The molecule has 0 radical (unpaired) electrons. The maximum atomic E-state index is 9.31. The Morgan fingerprint density at radius 3 is 2.75 bits per heavy atom. The smallest absolute Gasteiger partial charge is 0.0702 e. The van der Waals surface area contributed by atoms with Crippen LogP contribution in [-0.4, -0.2) is 18.7 Å². The summed E-state index contributed by atoms with van der Waals surface area (Å²) in [5.74, 6) is 0.826. The van der Waals surface area contributed by atoms with Crippen LogP contribution in [0.15, 0.2) is 18.2 Å². The Morgan fingerprint density at radius 2 is 2.19 bits per heavy atom. The highest BCUT2D eigenvalue weighted by atomic mass is 35.5. The molecule has 0 atom stereocenters. The molecule has 88 valence electrons. The monoisotopic (exact) mass is 239 g/mol. The molecule has 0 aliphatic heterocycles. The zero-order chi connectivity index (χ0) is 11.5. The van der Waals surface area contributed by atoms with Gasteiger partial charge >= 0.3 is 0 Å². The van der Waals surface area contributed by atoms with E-state index in [2.05, 4.69) is 11.9 Å². The summed E-state index contributed by atoms with van der Waals surface area (Å²) < 4.78 is 0. The van der Waals surface area contributed by atoms with Crippen molar-refractivity contribution in [1.29, 1.82) is 0 Å². The maximum absolute atomic E-state index is 9.31. The summed E-state index contributed by atoms with van der Waals surface area (Å²) in [4.78, 5) is 2.23. The van der Waals surface area contributed by atoms with Gasteiger partial charge in [-0.2, -0.15) is 0 Å². The molecule has 16 heavy (non-hydrogen) atoms. The van der Waals surface area contributed by atoms with Crippen LogP contribution in [0.1, 0.15) is 24.8 Å². The molecule has 0 amide bonds. The van der Waals surface area contributed by atoms with Gasteiger partial charge in [-0.15, -0.1) is 0 Å². The fraction of sp³-hybridized carbons (Fsp3) is 0.538. The Bertz CT molecular complexity index is 363. The van der Waals surface area contributed by atoms with Gasteiger partial charge in [-0.25, -0.2) is 0 Å². The average molecular weight is 240 g/mol. The number of hydrogen-bond acceptors (Lipinski definition) is 2. The van der Waals surface area contributed by atoms with Gasteiger partial charge in [0, 0.05) is 29.9 Å². The van der Waals surface area contributed by atoms with Crippen molar-refractivity contribution < 1.29 is 5.11 Å². The minimum absolute atomic E-state index is 0.0465. The van der Waals surface area contributed by atoms with Crippen LogP contribution >= 0.6 is 11.6 Å². The lowest BCUT2D eigenvalue weighted by Gasteiger charge is -2.32. The van der Waals surface area contributed by atoms with E-state index in [-0.39, 0.29) is 6.61 Å². The van der Waals surface area contributed by atoms with E-state index in [4.69, 9.17) is 11.6 Å². The molecule has 1 saturated carbocycles. The van der Waals surface area contributed by atoms with Gasteiger partial charge in [-0.3, -0.25) is 0 Å². The molecule has 0 bridgehead atoms. The van der Waals surface area contributed by atoms with E-state index in [9.17, 15) is 5.11 Å². The predicted octanol–water partition coefficient (Wildman–Crippen LogP) is 3.07. The van der Waals surface area contributed by atoms with Gasteiger partial charge in [0.15, 0.2) is 0 Å². The predicted molar refractivity (Wildman–Crippen MR) is 68.0 cm³/mol. The lowest BCUT2D eigenvalue weighted by atomic mass is 9.85. The molecule has 0 saturated heterocycles. The summed E-state index contributed by atoms with van der Waals surface area (Å²) in [5, 5.41) is 10.00. The lowest BCUT2D eigenvalue weighted by Crippen LogP contribution is -2.29. The van der Waals surface area contributed by atoms with Crippen LogP contribution in [0.5, 0.6) is 0 Å². The van der Waals surface area contributed by atoms with Crippen LogP contribution in [0.25, 0.3) is 0 Å². The lowest BCUT2D eigenvalue weighted by molar-refractivity contribution is 0.281. The summed E-state index contributed by atoms with van der Waals surface area (Å²) in [6, 6.07) is 5.72. The molecule has 0 spiro atoms. The molecule has 2 rings (SSSR count). The summed E-state index contributed by atoms with van der Waals surface area (Å²) in [6.45, 7) is 1.12. The van der Waals surface area contributed by atoms with Crippen LogP contribution in [0.3, 0.4) is 0 Å². The zero-order valence-corrected chi connectivity index (χ0v) is 10.4. The fourth-order valence-electron chi connectivity index (χ4n) is 2.21. The van der Waals surface area contributed by atoms with E-state index in [0.717, 1.165) is 23.7 Å². The summed E-state index contributed by atoms with van der Waals surface area (Å²) in [7, 11) is 2.08. The number of hydrogen-bond donors (Lipinski definition) is 1. The molecular weight excluding hydrogens is 222 g/mol. The van der Waals surface area contributed by atoms with Crippen molar-refractivity contribution in [2.45, 2.75) is 25.9 Å². The van der Waals surface area contributed by atoms with E-state index in [1.807, 2.05) is 18.2 Å². The Balaban J connectivity index is 2.11. The molecule has 2 nitrogen and oxygen atoms in total. The molecule has 1 N–H and O–H groups in total. The van der Waals surface area contributed by atoms with Gasteiger partial charge in [0.2, 0.25) is 0 Å². The number of halogens is 1. The third-order valence-electron chi connectivity index (χ3n) is 3.38. The van der Waals surface area contributed by atoms with Crippen LogP contribution in [0, 0.1) is 5.92 Å². The number of aliphatic hydroxyl groups excluding tert-OH is 1. The van der Waals surface area contributed by atoms with Crippen molar-refractivity contribution in [1.82, 2.24) is 0 Å². The average Bonchev–Trinajstić information content (AvgIpc) is 2.23. The van der Waals surface area contributed by atoms with Gasteiger partial charge in [-0.05, 0) is 37.0 Å². The van der Waals surface area contributed by atoms with Crippen molar-refractivity contribution in [3.63, 3.8) is 0 Å². The number of anilines is 1. The SMILES string of the molecule is CN(CC1CCC1)c1ccc(Cl)cc1CO. The van der Waals surface area contributed by atoms with Gasteiger partial charge in [0.05, 0.1) is 6.61 Å². The number of benzene rings is 1. The van der Waals surface area contributed by atoms with Crippen LogP contribution in [-0.2, 0) is 6.61 Å². The first-order valence-electron chi connectivity index (χ1n) is 5.81. The van der Waals surface area contributed by atoms with Crippen molar-refractivity contribution >= 4 is 17.3 Å². The van der Waals surface area contributed by atoms with Gasteiger partial charge in [0.1, 0.15) is 0 Å². The van der Waals surface area contributed by atoms with Crippen LogP contribution < -0.4 is 4.90 Å². The first-order valence-corrected chi connectivity index (χ1v) is 6.19. The molecule has 1 fully saturated rings. The minimum Gasteiger partial charge on any atom is -0.392 e. The van der Waals surface area contributed by atoms with Crippen molar-refractivity contribution in [2.75, 3.05) is 18.5 Å². The quantitative estimate of drug-likeness (QED) is 0.873. The van der Waals surface area contributed by atoms with Crippen LogP contribution in [0.4, 0.5) is 5.69 Å². The molecule has 0 heterocycles. The highest BCUT2D eigenvalue weighted by Gasteiger charge is 2.20. The largest absolute Gasteiger partial charge is 0.392 e. The normalized spacial score (nSPS) is 15.9. The van der Waals surface area contributed by atoms with E-state index in [1.165, 1.54) is 19.3 Å². The molecule has 1 aliphatic carbocycles. The third kappa shape index (κ3) is 2.50. The van der Waals surface area contributed by atoms with Crippen molar-refractivity contribution in [3.8, 4) is 0 Å². The van der Waals surface area contributed by atoms with E-state index in [0.29, 0.717) is 5.02 Å². The molecule has 3 heteroatoms. The number of nitrogens with zero attached hydrogens (tertiary/aromatic N) is 1. The van der Waals surface area contributed by atoms with Gasteiger partial charge in [0.25, 0.3) is 0 Å². The summed E-state index contributed by atoms with van der Waals surface area (Å²) in [5.41, 5.74) is 2.01. The molecule has 1 aromatic carbocycles. The van der Waals surface area contributed by atoms with Crippen molar-refractivity contribution in [3.05, 3.63) is 28.8 Å². The Hall–Kier alpha value is -0.730. The molecular formula is C13H18ClNO. The topological polar surface area (TPSA) is 23.5 Å². The first-order chi connectivity index (χ1) is 7.70. The molecule has 1 aromatic rings. The highest BCUT2D eigenvalue weighted by molar-refractivity contribution is 6.30. The second-order valence-electron chi connectivity index (χ2n) is 4.61. The third-order valence-corrected chi connectivity index (χ3v) is 3.62. The summed E-state index contributed by atoms with van der Waals surface area (Å²) >= 11 is 5.91. The number of rotatable bonds is 4. The van der Waals surface area contributed by atoms with Gasteiger partial charge in [-0.1, -0.05) is 18.0 Å². The van der Waals surface area contributed by atoms with Crippen molar-refractivity contribution in [2.24, 2.45) is 5.92 Å². The highest BCUT2D eigenvalue weighted by Crippen LogP contribution is 2.30. The first kappa shape index (κ1) is 11.7. The molecule has 0 unspecified atom stereocenters. The van der Waals surface area contributed by atoms with Crippen LogP contribution in [0.2, 0.25) is 5.02 Å². The fourth-order valence-corrected chi connectivity index (χ4v) is 2.41. The Labute approximate surface area is 102 Å². The maximum Gasteiger partial charge on any atom is 0.0702 e. The Morgan fingerprint density at radius 1 is 1.44 bits per heavy atom. The van der Waals surface area contributed by atoms with E-state index < -0.39 is 0 Å². The second-order valence-corrected chi connectivity index (χ2v) is 5.05. The molecule has 1 aliphatic rings. The zero-order valence-electron chi connectivity index (χ0n) is 9.62.